The molecule has 0 spiro atoms. The Labute approximate surface area is 153 Å². The van der Waals surface area contributed by atoms with Crippen molar-refractivity contribution in [1.82, 2.24) is 9.72 Å². The Morgan fingerprint density at radius 2 is 2.08 bits per heavy atom. The third kappa shape index (κ3) is 3.92. The van der Waals surface area contributed by atoms with E-state index in [1.165, 1.54) is 10.6 Å². The van der Waals surface area contributed by atoms with Crippen LogP contribution in [0.15, 0.2) is 51.9 Å². The van der Waals surface area contributed by atoms with Crippen molar-refractivity contribution >= 4 is 34.9 Å². The lowest BCUT2D eigenvalue weighted by atomic mass is 10.2. The summed E-state index contributed by atoms with van der Waals surface area (Å²) in [6.07, 6.45) is 1.59. The topological polar surface area (TPSA) is 77.1 Å². The minimum Gasteiger partial charge on any atom is -0.360 e. The first-order valence-corrected chi connectivity index (χ1v) is 8.07. The summed E-state index contributed by atoms with van der Waals surface area (Å²) in [5.74, 6) is 0.242. The van der Waals surface area contributed by atoms with Gasteiger partial charge in [-0.15, -0.1) is 0 Å². The zero-order chi connectivity index (χ0) is 18.0. The minimum absolute atomic E-state index is 0.00626. The lowest BCUT2D eigenvalue weighted by Gasteiger charge is -2.09. The molecule has 0 aliphatic heterocycles. The van der Waals surface area contributed by atoms with Crippen molar-refractivity contribution in [3.63, 3.8) is 0 Å². The zero-order valence-electron chi connectivity index (χ0n) is 13.1. The molecule has 2 heterocycles. The van der Waals surface area contributed by atoms with Crippen LogP contribution in [0.3, 0.4) is 0 Å². The number of carbonyl (C=O) groups excluding carboxylic acids is 1. The van der Waals surface area contributed by atoms with Gasteiger partial charge in [0.25, 0.3) is 11.5 Å². The van der Waals surface area contributed by atoms with Gasteiger partial charge < -0.3 is 14.4 Å². The number of carbonyl (C=O) groups is 1. The Balaban J connectivity index is 1.86. The van der Waals surface area contributed by atoms with Crippen LogP contribution in [-0.2, 0) is 6.54 Å². The van der Waals surface area contributed by atoms with E-state index >= 15 is 0 Å². The molecule has 25 heavy (non-hydrogen) atoms. The van der Waals surface area contributed by atoms with Gasteiger partial charge in [-0.05, 0) is 36.8 Å². The largest absolute Gasteiger partial charge is 0.360 e. The van der Waals surface area contributed by atoms with Crippen LogP contribution in [-0.4, -0.2) is 15.6 Å². The molecule has 0 aliphatic carbocycles. The molecule has 0 unspecified atom stereocenters. The Bertz CT molecular complexity index is 995. The summed E-state index contributed by atoms with van der Waals surface area (Å²) in [6, 6.07) is 9.66. The number of aromatic nitrogens is 2. The first-order chi connectivity index (χ1) is 11.9. The SMILES string of the molecule is Cc1cc(NC(=O)c2cccn(Cc3ccc(Cl)cc3Cl)c2=O)no1. The molecular weight excluding hydrogens is 365 g/mol. The van der Waals surface area contributed by atoms with Gasteiger partial charge in [0.05, 0.1) is 6.54 Å². The fourth-order valence-corrected chi connectivity index (χ4v) is 2.74. The molecule has 1 amide bonds. The number of nitrogens with zero attached hydrogens (tertiary/aromatic N) is 2. The van der Waals surface area contributed by atoms with E-state index in [0.717, 1.165) is 5.56 Å². The summed E-state index contributed by atoms with van der Waals surface area (Å²) in [5.41, 5.74) is 0.275. The summed E-state index contributed by atoms with van der Waals surface area (Å²) in [4.78, 5) is 24.9. The van der Waals surface area contributed by atoms with E-state index in [0.29, 0.717) is 15.8 Å². The first kappa shape index (κ1) is 17.3. The maximum absolute atomic E-state index is 12.6. The third-order valence-electron chi connectivity index (χ3n) is 3.49. The molecule has 128 valence electrons. The Kier molecular flexibility index (Phi) is 4.92. The van der Waals surface area contributed by atoms with Crippen LogP contribution in [0.2, 0.25) is 10.0 Å². The van der Waals surface area contributed by atoms with Crippen LogP contribution in [0.4, 0.5) is 5.82 Å². The van der Waals surface area contributed by atoms with Crippen molar-refractivity contribution in [2.24, 2.45) is 0 Å². The van der Waals surface area contributed by atoms with Gasteiger partial charge in [-0.3, -0.25) is 9.59 Å². The number of hydrogen-bond donors (Lipinski definition) is 1. The fraction of sp³-hybridized carbons (Fsp3) is 0.118. The number of pyridine rings is 1. The molecule has 0 bridgehead atoms. The number of aryl methyl sites for hydroxylation is 1. The molecule has 3 rings (SSSR count). The van der Waals surface area contributed by atoms with Gasteiger partial charge in [-0.2, -0.15) is 0 Å². The maximum atomic E-state index is 12.6. The molecule has 6 nitrogen and oxygen atoms in total. The zero-order valence-corrected chi connectivity index (χ0v) is 14.6. The van der Waals surface area contributed by atoms with Gasteiger partial charge in [0.1, 0.15) is 11.3 Å². The molecule has 2 aromatic heterocycles. The summed E-state index contributed by atoms with van der Waals surface area (Å²) < 4.78 is 6.28. The number of rotatable bonds is 4. The highest BCUT2D eigenvalue weighted by Crippen LogP contribution is 2.21. The highest BCUT2D eigenvalue weighted by molar-refractivity contribution is 6.35. The van der Waals surface area contributed by atoms with E-state index < -0.39 is 11.5 Å². The van der Waals surface area contributed by atoms with Gasteiger partial charge in [0.2, 0.25) is 0 Å². The van der Waals surface area contributed by atoms with E-state index in [4.69, 9.17) is 27.7 Å². The molecule has 1 N–H and O–H groups in total. The van der Waals surface area contributed by atoms with E-state index in [1.54, 1.807) is 43.5 Å². The second kappa shape index (κ2) is 7.13. The lowest BCUT2D eigenvalue weighted by molar-refractivity contribution is 0.102. The van der Waals surface area contributed by atoms with Crippen LogP contribution < -0.4 is 10.9 Å². The highest BCUT2D eigenvalue weighted by Gasteiger charge is 2.14. The highest BCUT2D eigenvalue weighted by atomic mass is 35.5. The van der Waals surface area contributed by atoms with Crippen LogP contribution in [0.5, 0.6) is 0 Å². The standard InChI is InChI=1S/C17H13Cl2N3O3/c1-10-7-15(21-25-10)20-16(23)13-3-2-6-22(17(13)24)9-11-4-5-12(18)8-14(11)19/h2-8H,9H2,1H3,(H,20,21,23). The summed E-state index contributed by atoms with van der Waals surface area (Å²) in [6.45, 7) is 1.92. The van der Waals surface area contributed by atoms with Gasteiger partial charge in [0.15, 0.2) is 5.82 Å². The van der Waals surface area contributed by atoms with E-state index in [9.17, 15) is 9.59 Å². The van der Waals surface area contributed by atoms with E-state index in [1.807, 2.05) is 0 Å². The van der Waals surface area contributed by atoms with E-state index in [-0.39, 0.29) is 17.9 Å². The van der Waals surface area contributed by atoms with Gasteiger partial charge in [-0.25, -0.2) is 0 Å². The minimum atomic E-state index is -0.560. The monoisotopic (exact) mass is 377 g/mol. The van der Waals surface area contributed by atoms with Crippen LogP contribution in [0.25, 0.3) is 0 Å². The number of nitrogens with one attached hydrogen (secondary N) is 1. The van der Waals surface area contributed by atoms with Crippen LogP contribution in [0.1, 0.15) is 21.7 Å². The maximum Gasteiger partial charge on any atom is 0.263 e. The lowest BCUT2D eigenvalue weighted by Crippen LogP contribution is -2.29. The van der Waals surface area contributed by atoms with Crippen molar-refractivity contribution in [1.29, 1.82) is 0 Å². The number of hydrogen-bond acceptors (Lipinski definition) is 4. The molecular formula is C17H13Cl2N3O3. The normalized spacial score (nSPS) is 10.7. The predicted molar refractivity (Wildman–Crippen MR) is 95.5 cm³/mol. The average molecular weight is 378 g/mol. The summed E-state index contributed by atoms with van der Waals surface area (Å²) in [7, 11) is 0. The van der Waals surface area contributed by atoms with Crippen molar-refractivity contribution in [2.45, 2.75) is 13.5 Å². The van der Waals surface area contributed by atoms with E-state index in [2.05, 4.69) is 10.5 Å². The first-order valence-electron chi connectivity index (χ1n) is 7.32. The Hall–Kier alpha value is -2.57. The fourth-order valence-electron chi connectivity index (χ4n) is 2.28. The van der Waals surface area contributed by atoms with Crippen molar-refractivity contribution < 1.29 is 9.32 Å². The molecule has 0 fully saturated rings. The van der Waals surface area contributed by atoms with Gasteiger partial charge in [-0.1, -0.05) is 34.4 Å². The van der Waals surface area contributed by atoms with Crippen molar-refractivity contribution in [3.05, 3.63) is 79.9 Å². The van der Waals surface area contributed by atoms with Gasteiger partial charge in [0, 0.05) is 22.3 Å². The summed E-state index contributed by atoms with van der Waals surface area (Å²) >= 11 is 12.0. The third-order valence-corrected chi connectivity index (χ3v) is 4.08. The molecule has 8 heteroatoms. The molecule has 0 atom stereocenters. The van der Waals surface area contributed by atoms with Crippen LogP contribution in [0, 0.1) is 6.92 Å². The predicted octanol–water partition coefficient (Wildman–Crippen LogP) is 3.75. The van der Waals surface area contributed by atoms with Crippen molar-refractivity contribution in [3.8, 4) is 0 Å². The second-order valence-electron chi connectivity index (χ2n) is 5.37. The Morgan fingerprint density at radius 3 is 2.76 bits per heavy atom. The van der Waals surface area contributed by atoms with Crippen LogP contribution >= 0.6 is 23.2 Å². The molecule has 0 radical (unpaired) electrons. The number of halogens is 2. The smallest absolute Gasteiger partial charge is 0.263 e. The second-order valence-corrected chi connectivity index (χ2v) is 6.21. The quantitative estimate of drug-likeness (QED) is 0.750. The Morgan fingerprint density at radius 1 is 1.28 bits per heavy atom. The summed E-state index contributed by atoms with van der Waals surface area (Å²) in [5, 5.41) is 7.17. The molecule has 0 saturated carbocycles. The molecule has 1 aromatic carbocycles. The molecule has 3 aromatic rings. The number of benzene rings is 1. The van der Waals surface area contributed by atoms with Crippen molar-refractivity contribution in [2.75, 3.05) is 5.32 Å². The number of amides is 1. The average Bonchev–Trinajstić information content (AvgIpc) is 2.96. The number of anilines is 1. The molecule has 0 aliphatic rings. The van der Waals surface area contributed by atoms with Gasteiger partial charge >= 0.3 is 0 Å². The molecule has 0 saturated heterocycles.